The number of hydrogen-bond donors (Lipinski definition) is 1. The summed E-state index contributed by atoms with van der Waals surface area (Å²) in [5, 5.41) is 9.44. The highest BCUT2D eigenvalue weighted by atomic mass is 35.5. The number of aliphatic hydroxyl groups excluding tert-OH is 1. The number of hydrogen-bond acceptors (Lipinski definition) is 2. The third-order valence-corrected chi connectivity index (χ3v) is 1.87. The van der Waals surface area contributed by atoms with E-state index in [-0.39, 0.29) is 6.61 Å². The molecule has 0 atom stereocenters. The minimum Gasteiger partial charge on any atom is -0.494 e. The van der Waals surface area contributed by atoms with Gasteiger partial charge in [0.1, 0.15) is 5.75 Å². The van der Waals surface area contributed by atoms with Gasteiger partial charge < -0.3 is 9.84 Å². The maximum atomic E-state index is 8.87. The van der Waals surface area contributed by atoms with Crippen LogP contribution in [0.3, 0.4) is 0 Å². The molecule has 0 saturated heterocycles. The average molecular weight is 187 g/mol. The average Bonchev–Trinajstić information content (AvgIpc) is 2.09. The topological polar surface area (TPSA) is 29.5 Å². The van der Waals surface area contributed by atoms with Gasteiger partial charge in [-0.1, -0.05) is 11.6 Å². The minimum atomic E-state index is -0.0558. The van der Waals surface area contributed by atoms with Crippen molar-refractivity contribution in [3.05, 3.63) is 28.8 Å². The van der Waals surface area contributed by atoms with Gasteiger partial charge in [0, 0.05) is 5.02 Å². The number of aliphatic hydroxyl groups is 1. The molecule has 2 nitrogen and oxygen atoms in total. The lowest BCUT2D eigenvalue weighted by molar-refractivity contribution is 0.280. The van der Waals surface area contributed by atoms with Crippen LogP contribution in [0.25, 0.3) is 0 Å². The van der Waals surface area contributed by atoms with Gasteiger partial charge in [-0.15, -0.1) is 0 Å². The number of benzene rings is 1. The smallest absolute Gasteiger partial charge is 0.119 e. The van der Waals surface area contributed by atoms with Crippen molar-refractivity contribution < 1.29 is 9.84 Å². The molecule has 1 aromatic carbocycles. The second-order valence-corrected chi connectivity index (χ2v) is 2.75. The Morgan fingerprint density at radius 2 is 2.25 bits per heavy atom. The van der Waals surface area contributed by atoms with Gasteiger partial charge >= 0.3 is 0 Å². The molecule has 1 rings (SSSR count). The molecule has 0 aliphatic rings. The molecule has 1 N–H and O–H groups in total. The normalized spacial score (nSPS) is 9.92. The van der Waals surface area contributed by atoms with E-state index in [0.29, 0.717) is 17.2 Å². The Bertz CT molecular complexity index is 261. The summed E-state index contributed by atoms with van der Waals surface area (Å²) in [6.45, 7) is 2.47. The van der Waals surface area contributed by atoms with E-state index < -0.39 is 0 Å². The third-order valence-electron chi connectivity index (χ3n) is 1.50. The summed E-state index contributed by atoms with van der Waals surface area (Å²) in [5.74, 6) is 0.742. The maximum Gasteiger partial charge on any atom is 0.119 e. The molecule has 3 heteroatoms. The van der Waals surface area contributed by atoms with Crippen molar-refractivity contribution in [3.63, 3.8) is 0 Å². The Morgan fingerprint density at radius 3 is 2.83 bits per heavy atom. The zero-order chi connectivity index (χ0) is 8.97. The van der Waals surface area contributed by atoms with Gasteiger partial charge in [-0.3, -0.25) is 0 Å². The van der Waals surface area contributed by atoms with E-state index >= 15 is 0 Å². The van der Waals surface area contributed by atoms with Crippen molar-refractivity contribution in [1.82, 2.24) is 0 Å². The lowest BCUT2D eigenvalue weighted by Crippen LogP contribution is -1.93. The first kappa shape index (κ1) is 9.36. The van der Waals surface area contributed by atoms with Crippen molar-refractivity contribution in [2.24, 2.45) is 0 Å². The van der Waals surface area contributed by atoms with Crippen molar-refractivity contribution in [1.29, 1.82) is 0 Å². The molecule has 0 fully saturated rings. The van der Waals surface area contributed by atoms with Crippen LogP contribution in [0, 0.1) is 0 Å². The molecule has 1 aromatic rings. The van der Waals surface area contributed by atoms with Gasteiger partial charge in [0.2, 0.25) is 0 Å². The quantitative estimate of drug-likeness (QED) is 0.785. The van der Waals surface area contributed by atoms with Crippen LogP contribution in [0.4, 0.5) is 0 Å². The van der Waals surface area contributed by atoms with E-state index in [9.17, 15) is 0 Å². The van der Waals surface area contributed by atoms with E-state index in [1.54, 1.807) is 18.2 Å². The van der Waals surface area contributed by atoms with E-state index in [0.717, 1.165) is 5.75 Å². The van der Waals surface area contributed by atoms with Crippen molar-refractivity contribution in [2.75, 3.05) is 6.61 Å². The first-order chi connectivity index (χ1) is 5.77. The van der Waals surface area contributed by atoms with Gasteiger partial charge in [0.25, 0.3) is 0 Å². The van der Waals surface area contributed by atoms with Crippen LogP contribution in [0.1, 0.15) is 12.5 Å². The van der Waals surface area contributed by atoms with Gasteiger partial charge in [-0.2, -0.15) is 0 Å². The summed E-state index contributed by atoms with van der Waals surface area (Å²) in [6.07, 6.45) is 0. The Balaban J connectivity index is 2.89. The van der Waals surface area contributed by atoms with E-state index in [1.165, 1.54) is 0 Å². The molecular formula is C9H11ClO2. The maximum absolute atomic E-state index is 8.87. The van der Waals surface area contributed by atoms with Crippen LogP contribution < -0.4 is 4.74 Å². The lowest BCUT2D eigenvalue weighted by atomic mass is 10.2. The highest BCUT2D eigenvalue weighted by molar-refractivity contribution is 6.31. The second kappa shape index (κ2) is 4.33. The summed E-state index contributed by atoms with van der Waals surface area (Å²) in [5.41, 5.74) is 0.697. The number of ether oxygens (including phenoxy) is 1. The Morgan fingerprint density at radius 1 is 1.50 bits per heavy atom. The highest BCUT2D eigenvalue weighted by Crippen LogP contribution is 2.21. The SMILES string of the molecule is CCOc1ccc(Cl)c(CO)c1. The highest BCUT2D eigenvalue weighted by Gasteiger charge is 2.00. The van der Waals surface area contributed by atoms with Crippen molar-refractivity contribution in [3.8, 4) is 5.75 Å². The monoisotopic (exact) mass is 186 g/mol. The molecular weight excluding hydrogens is 176 g/mol. The van der Waals surface area contributed by atoms with E-state index in [1.807, 2.05) is 6.92 Å². The standard InChI is InChI=1S/C9H11ClO2/c1-2-12-8-3-4-9(10)7(5-8)6-11/h3-5,11H,2,6H2,1H3. The number of halogens is 1. The molecule has 0 radical (unpaired) electrons. The fourth-order valence-electron chi connectivity index (χ4n) is 0.929. The predicted octanol–water partition coefficient (Wildman–Crippen LogP) is 2.23. The summed E-state index contributed by atoms with van der Waals surface area (Å²) in [4.78, 5) is 0. The van der Waals surface area contributed by atoms with Crippen LogP contribution >= 0.6 is 11.6 Å². The molecule has 0 unspecified atom stereocenters. The Hall–Kier alpha value is -0.730. The van der Waals surface area contributed by atoms with Gasteiger partial charge in [0.05, 0.1) is 13.2 Å². The lowest BCUT2D eigenvalue weighted by Gasteiger charge is -2.05. The summed E-state index contributed by atoms with van der Waals surface area (Å²) in [6, 6.07) is 5.24. The summed E-state index contributed by atoms with van der Waals surface area (Å²) in [7, 11) is 0. The first-order valence-corrected chi connectivity index (χ1v) is 4.17. The summed E-state index contributed by atoms with van der Waals surface area (Å²) < 4.78 is 5.23. The minimum absolute atomic E-state index is 0.0558. The van der Waals surface area contributed by atoms with E-state index in [4.69, 9.17) is 21.4 Å². The molecule has 66 valence electrons. The number of rotatable bonds is 3. The molecule has 0 heterocycles. The molecule has 0 saturated carbocycles. The fraction of sp³-hybridized carbons (Fsp3) is 0.333. The zero-order valence-electron chi connectivity index (χ0n) is 6.88. The van der Waals surface area contributed by atoms with Crippen LogP contribution in [0.2, 0.25) is 5.02 Å². The molecule has 12 heavy (non-hydrogen) atoms. The third kappa shape index (κ3) is 2.13. The van der Waals surface area contributed by atoms with Gasteiger partial charge in [0.15, 0.2) is 0 Å². The molecule has 0 amide bonds. The van der Waals surface area contributed by atoms with Crippen molar-refractivity contribution >= 4 is 11.6 Å². The van der Waals surface area contributed by atoms with E-state index in [2.05, 4.69) is 0 Å². The van der Waals surface area contributed by atoms with Gasteiger partial charge in [-0.25, -0.2) is 0 Å². The summed E-state index contributed by atoms with van der Waals surface area (Å²) >= 11 is 5.78. The van der Waals surface area contributed by atoms with Gasteiger partial charge in [-0.05, 0) is 30.7 Å². The van der Waals surface area contributed by atoms with Crippen LogP contribution in [-0.2, 0) is 6.61 Å². The molecule has 0 aliphatic heterocycles. The molecule has 0 aromatic heterocycles. The second-order valence-electron chi connectivity index (χ2n) is 2.34. The molecule has 0 spiro atoms. The predicted molar refractivity (Wildman–Crippen MR) is 48.5 cm³/mol. The fourth-order valence-corrected chi connectivity index (χ4v) is 1.11. The van der Waals surface area contributed by atoms with Crippen LogP contribution in [-0.4, -0.2) is 11.7 Å². The zero-order valence-corrected chi connectivity index (χ0v) is 7.64. The Kier molecular flexibility index (Phi) is 3.38. The van der Waals surface area contributed by atoms with Crippen molar-refractivity contribution in [2.45, 2.75) is 13.5 Å². The largest absolute Gasteiger partial charge is 0.494 e. The first-order valence-electron chi connectivity index (χ1n) is 3.80. The van der Waals surface area contributed by atoms with Crippen LogP contribution in [0.15, 0.2) is 18.2 Å². The molecule has 0 bridgehead atoms. The van der Waals surface area contributed by atoms with Crippen LogP contribution in [0.5, 0.6) is 5.75 Å². The Labute approximate surface area is 76.7 Å². The molecule has 0 aliphatic carbocycles.